The maximum atomic E-state index is 12.1. The molecule has 0 spiro atoms. The molecular formula is C13H12ClNOS. The number of nitrogen functional groups attached to an aromatic ring is 1. The molecule has 0 bridgehead atoms. The summed E-state index contributed by atoms with van der Waals surface area (Å²) in [4.78, 5) is 13.0. The van der Waals surface area contributed by atoms with Gasteiger partial charge >= 0.3 is 0 Å². The van der Waals surface area contributed by atoms with E-state index in [0.29, 0.717) is 22.0 Å². The Hall–Kier alpha value is -1.32. The number of anilines is 1. The Morgan fingerprint density at radius 2 is 2.12 bits per heavy atom. The molecule has 2 N–H and O–H groups in total. The third-order valence-electron chi connectivity index (χ3n) is 2.47. The minimum absolute atomic E-state index is 0.0321. The van der Waals surface area contributed by atoms with Gasteiger partial charge in [0.1, 0.15) is 0 Å². The molecule has 0 saturated heterocycles. The quantitative estimate of drug-likeness (QED) is 0.679. The Morgan fingerprint density at radius 3 is 2.76 bits per heavy atom. The van der Waals surface area contributed by atoms with E-state index >= 15 is 0 Å². The number of thiophene rings is 1. The van der Waals surface area contributed by atoms with Gasteiger partial charge in [0, 0.05) is 22.5 Å². The van der Waals surface area contributed by atoms with Crippen molar-refractivity contribution in [2.24, 2.45) is 0 Å². The summed E-state index contributed by atoms with van der Waals surface area (Å²) in [5.41, 5.74) is 7.96. The number of Topliss-reactive ketones (excluding diaryl/α,β-unsaturated/α-hetero) is 1. The number of carbonyl (C=O) groups excluding carboxylic acids is 1. The van der Waals surface area contributed by atoms with E-state index in [1.54, 1.807) is 12.1 Å². The van der Waals surface area contributed by atoms with Crippen molar-refractivity contribution in [1.29, 1.82) is 0 Å². The van der Waals surface area contributed by atoms with Gasteiger partial charge in [-0.1, -0.05) is 23.2 Å². The molecule has 4 heteroatoms. The van der Waals surface area contributed by atoms with E-state index in [4.69, 9.17) is 17.3 Å². The van der Waals surface area contributed by atoms with Gasteiger partial charge in [-0.2, -0.15) is 0 Å². The molecule has 1 aromatic carbocycles. The molecule has 0 saturated carbocycles. The van der Waals surface area contributed by atoms with Crippen LogP contribution < -0.4 is 5.73 Å². The largest absolute Gasteiger partial charge is 0.398 e. The molecule has 2 nitrogen and oxygen atoms in total. The van der Waals surface area contributed by atoms with Gasteiger partial charge in [0.15, 0.2) is 5.78 Å². The Morgan fingerprint density at radius 1 is 1.35 bits per heavy atom. The standard InChI is InChI=1S/C13H12ClNOS/c1-8-2-4-11(15)10(6-8)12(16)7-9-3-5-13(14)17-9/h2-6H,7,15H2,1H3. The van der Waals surface area contributed by atoms with Crippen molar-refractivity contribution in [3.05, 3.63) is 50.7 Å². The van der Waals surface area contributed by atoms with E-state index in [9.17, 15) is 4.79 Å². The summed E-state index contributed by atoms with van der Waals surface area (Å²) in [5.74, 6) is 0.0321. The Balaban J connectivity index is 2.22. The first-order valence-electron chi connectivity index (χ1n) is 5.20. The molecular weight excluding hydrogens is 254 g/mol. The molecule has 0 atom stereocenters. The van der Waals surface area contributed by atoms with Crippen LogP contribution in [0.5, 0.6) is 0 Å². The zero-order chi connectivity index (χ0) is 12.4. The molecule has 0 amide bonds. The first kappa shape index (κ1) is 12.1. The van der Waals surface area contributed by atoms with Crippen molar-refractivity contribution in [2.75, 3.05) is 5.73 Å². The summed E-state index contributed by atoms with van der Waals surface area (Å²) in [5, 5.41) is 0. The van der Waals surface area contributed by atoms with Crippen molar-refractivity contribution in [3.63, 3.8) is 0 Å². The number of benzene rings is 1. The van der Waals surface area contributed by atoms with Crippen molar-refractivity contribution in [3.8, 4) is 0 Å². The van der Waals surface area contributed by atoms with Crippen LogP contribution in [0.25, 0.3) is 0 Å². The van der Waals surface area contributed by atoms with Crippen LogP contribution in [0.15, 0.2) is 30.3 Å². The van der Waals surface area contributed by atoms with E-state index < -0.39 is 0 Å². The first-order valence-corrected chi connectivity index (χ1v) is 6.39. The Kier molecular flexibility index (Phi) is 3.50. The fourth-order valence-electron chi connectivity index (χ4n) is 1.61. The summed E-state index contributed by atoms with van der Waals surface area (Å²) in [6.45, 7) is 1.94. The molecule has 0 unspecified atom stereocenters. The highest BCUT2D eigenvalue weighted by Crippen LogP contribution is 2.24. The predicted octanol–water partition coefficient (Wildman–Crippen LogP) is 3.72. The van der Waals surface area contributed by atoms with E-state index in [2.05, 4.69) is 0 Å². The predicted molar refractivity (Wildman–Crippen MR) is 73.0 cm³/mol. The molecule has 0 radical (unpaired) electrons. The molecule has 0 aliphatic carbocycles. The number of hydrogen-bond donors (Lipinski definition) is 1. The number of aryl methyl sites for hydroxylation is 1. The molecule has 0 aliphatic heterocycles. The van der Waals surface area contributed by atoms with Crippen LogP contribution in [0.1, 0.15) is 20.8 Å². The topological polar surface area (TPSA) is 43.1 Å². The molecule has 1 aromatic heterocycles. The summed E-state index contributed by atoms with van der Waals surface area (Å²) >= 11 is 7.25. The maximum Gasteiger partial charge on any atom is 0.170 e. The SMILES string of the molecule is Cc1ccc(N)c(C(=O)Cc2ccc(Cl)s2)c1. The van der Waals surface area contributed by atoms with E-state index in [-0.39, 0.29) is 5.78 Å². The Labute approximate surface area is 109 Å². The summed E-state index contributed by atoms with van der Waals surface area (Å²) in [6, 6.07) is 9.16. The fraction of sp³-hybridized carbons (Fsp3) is 0.154. The van der Waals surface area contributed by atoms with Crippen LogP contribution in [-0.2, 0) is 6.42 Å². The molecule has 88 valence electrons. The zero-order valence-electron chi connectivity index (χ0n) is 9.37. The zero-order valence-corrected chi connectivity index (χ0v) is 10.9. The lowest BCUT2D eigenvalue weighted by Gasteiger charge is -2.05. The van der Waals surface area contributed by atoms with Crippen LogP contribution >= 0.6 is 22.9 Å². The summed E-state index contributed by atoms with van der Waals surface area (Å²) < 4.78 is 0.699. The fourth-order valence-corrected chi connectivity index (χ4v) is 2.70. The third kappa shape index (κ3) is 2.87. The van der Waals surface area contributed by atoms with Crippen molar-refractivity contribution < 1.29 is 4.79 Å². The van der Waals surface area contributed by atoms with E-state index in [1.165, 1.54) is 11.3 Å². The van der Waals surface area contributed by atoms with Gasteiger partial charge in [0.05, 0.1) is 4.34 Å². The van der Waals surface area contributed by atoms with Crippen LogP contribution in [0, 0.1) is 6.92 Å². The van der Waals surface area contributed by atoms with Crippen LogP contribution in [0.2, 0.25) is 4.34 Å². The molecule has 1 heterocycles. The highest BCUT2D eigenvalue weighted by atomic mass is 35.5. The maximum absolute atomic E-state index is 12.1. The van der Waals surface area contributed by atoms with Crippen molar-refractivity contribution in [1.82, 2.24) is 0 Å². The van der Waals surface area contributed by atoms with Crippen LogP contribution in [0.3, 0.4) is 0 Å². The number of hydrogen-bond acceptors (Lipinski definition) is 3. The van der Waals surface area contributed by atoms with E-state index in [0.717, 1.165) is 10.4 Å². The summed E-state index contributed by atoms with van der Waals surface area (Å²) in [7, 11) is 0. The number of nitrogens with two attached hydrogens (primary N) is 1. The number of rotatable bonds is 3. The second kappa shape index (κ2) is 4.90. The molecule has 17 heavy (non-hydrogen) atoms. The average molecular weight is 266 g/mol. The molecule has 2 rings (SSSR count). The van der Waals surface area contributed by atoms with Gasteiger partial charge in [-0.25, -0.2) is 0 Å². The third-order valence-corrected chi connectivity index (χ3v) is 3.70. The normalized spacial score (nSPS) is 10.5. The van der Waals surface area contributed by atoms with Gasteiger partial charge in [-0.15, -0.1) is 11.3 Å². The summed E-state index contributed by atoms with van der Waals surface area (Å²) in [6.07, 6.45) is 0.352. The van der Waals surface area contributed by atoms with Crippen molar-refractivity contribution >= 4 is 34.4 Å². The Bertz CT molecular complexity index is 562. The smallest absolute Gasteiger partial charge is 0.170 e. The van der Waals surface area contributed by atoms with Gasteiger partial charge in [-0.05, 0) is 31.2 Å². The minimum atomic E-state index is 0.0321. The lowest BCUT2D eigenvalue weighted by Crippen LogP contribution is -2.06. The second-order valence-corrected chi connectivity index (χ2v) is 5.70. The highest BCUT2D eigenvalue weighted by Gasteiger charge is 2.12. The van der Waals surface area contributed by atoms with Gasteiger partial charge in [0.2, 0.25) is 0 Å². The molecule has 0 aliphatic rings. The monoisotopic (exact) mass is 265 g/mol. The molecule has 0 fully saturated rings. The number of halogens is 1. The van der Waals surface area contributed by atoms with Gasteiger partial charge in [0.25, 0.3) is 0 Å². The van der Waals surface area contributed by atoms with E-state index in [1.807, 2.05) is 25.1 Å². The number of ketones is 1. The van der Waals surface area contributed by atoms with Crippen molar-refractivity contribution in [2.45, 2.75) is 13.3 Å². The van der Waals surface area contributed by atoms with Crippen LogP contribution in [-0.4, -0.2) is 5.78 Å². The minimum Gasteiger partial charge on any atom is -0.398 e. The number of carbonyl (C=O) groups is 1. The average Bonchev–Trinajstić information content (AvgIpc) is 2.67. The first-order chi connectivity index (χ1) is 8.06. The second-order valence-electron chi connectivity index (χ2n) is 3.90. The molecule has 2 aromatic rings. The van der Waals surface area contributed by atoms with Crippen LogP contribution in [0.4, 0.5) is 5.69 Å². The lowest BCUT2D eigenvalue weighted by atomic mass is 10.0. The highest BCUT2D eigenvalue weighted by molar-refractivity contribution is 7.16. The van der Waals surface area contributed by atoms with Gasteiger partial charge in [-0.3, -0.25) is 4.79 Å². The lowest BCUT2D eigenvalue weighted by molar-refractivity contribution is 0.0994. The van der Waals surface area contributed by atoms with Gasteiger partial charge < -0.3 is 5.73 Å².